The van der Waals surface area contributed by atoms with E-state index in [1.54, 1.807) is 7.11 Å². The number of rotatable bonds is 1. The normalized spacial score (nSPS) is 32.3. The van der Waals surface area contributed by atoms with E-state index >= 15 is 0 Å². The summed E-state index contributed by atoms with van der Waals surface area (Å²) in [6.45, 7) is 1.96. The first-order valence-electron chi connectivity index (χ1n) is 7.57. The molecule has 1 aromatic rings. The SMILES string of the molecule is COc1ccc2c3c1O[C@H]1C[C@@H](O)C=C[C@@]31CCN(C)C2.[H-].[Na+]. The van der Waals surface area contributed by atoms with E-state index in [-0.39, 0.29) is 42.5 Å². The largest absolute Gasteiger partial charge is 1.00 e. The van der Waals surface area contributed by atoms with Gasteiger partial charge in [-0.25, -0.2) is 0 Å². The first-order valence-corrected chi connectivity index (χ1v) is 7.57. The van der Waals surface area contributed by atoms with Gasteiger partial charge in [-0.15, -0.1) is 0 Å². The Morgan fingerprint density at radius 1 is 1.45 bits per heavy atom. The molecule has 0 saturated carbocycles. The van der Waals surface area contributed by atoms with E-state index < -0.39 is 6.10 Å². The maximum absolute atomic E-state index is 9.97. The third-order valence-electron chi connectivity index (χ3n) is 5.15. The van der Waals surface area contributed by atoms with Crippen molar-refractivity contribution >= 4 is 0 Å². The molecular formula is C17H22NNaO3. The first kappa shape index (κ1) is 16.3. The smallest absolute Gasteiger partial charge is 1.00 e. The second-order valence-electron chi connectivity index (χ2n) is 6.43. The van der Waals surface area contributed by atoms with Crippen LogP contribution in [0.25, 0.3) is 0 Å². The van der Waals surface area contributed by atoms with Gasteiger partial charge >= 0.3 is 29.6 Å². The quantitative estimate of drug-likeness (QED) is 0.532. The van der Waals surface area contributed by atoms with E-state index in [1.165, 1.54) is 11.1 Å². The molecule has 1 N–H and O–H groups in total. The van der Waals surface area contributed by atoms with Crippen molar-refractivity contribution in [2.75, 3.05) is 20.7 Å². The molecule has 0 unspecified atom stereocenters. The molecule has 2 aliphatic heterocycles. The van der Waals surface area contributed by atoms with Crippen molar-refractivity contribution in [3.8, 4) is 11.5 Å². The molecule has 114 valence electrons. The van der Waals surface area contributed by atoms with E-state index in [0.29, 0.717) is 6.42 Å². The van der Waals surface area contributed by atoms with Crippen LogP contribution < -0.4 is 39.0 Å². The molecule has 4 rings (SSSR count). The Hall–Kier alpha value is -0.520. The molecule has 5 heteroatoms. The molecule has 0 fully saturated rings. The Morgan fingerprint density at radius 3 is 3.05 bits per heavy atom. The number of benzene rings is 1. The number of aliphatic hydroxyl groups excluding tert-OH is 1. The minimum absolute atomic E-state index is 0. The zero-order valence-corrected chi connectivity index (χ0v) is 15.5. The summed E-state index contributed by atoms with van der Waals surface area (Å²) in [5, 5.41) is 9.97. The van der Waals surface area contributed by atoms with E-state index in [2.05, 4.69) is 24.1 Å². The number of aliphatic hydroxyl groups is 1. The standard InChI is InChI=1S/C17H21NO3.Na.H/c1-18-8-7-17-6-5-12(19)9-14(17)21-16-13(20-2)4-3-11(10-18)15(16)17;;/h3-6,12,14,19H,7-10H2,1-2H3;;/q;+1;-1/t12-,14-,17-;;/m0../s1. The molecule has 0 bridgehead atoms. The Kier molecular flexibility index (Phi) is 4.34. The van der Waals surface area contributed by atoms with Crippen LogP contribution >= 0.6 is 0 Å². The summed E-state index contributed by atoms with van der Waals surface area (Å²) in [6, 6.07) is 4.16. The van der Waals surface area contributed by atoms with E-state index in [9.17, 15) is 5.11 Å². The fourth-order valence-corrected chi connectivity index (χ4v) is 4.08. The topological polar surface area (TPSA) is 41.9 Å². The van der Waals surface area contributed by atoms with Crippen molar-refractivity contribution in [1.29, 1.82) is 0 Å². The van der Waals surface area contributed by atoms with Gasteiger partial charge in [-0.2, -0.15) is 0 Å². The van der Waals surface area contributed by atoms with Gasteiger partial charge in [0.1, 0.15) is 6.10 Å². The van der Waals surface area contributed by atoms with E-state index in [1.807, 2.05) is 12.1 Å². The van der Waals surface area contributed by atoms with Gasteiger partial charge < -0.3 is 20.9 Å². The van der Waals surface area contributed by atoms with Crippen LogP contribution in [0.2, 0.25) is 0 Å². The molecule has 1 aliphatic carbocycles. The van der Waals surface area contributed by atoms with Crippen molar-refractivity contribution < 1.29 is 45.6 Å². The summed E-state index contributed by atoms with van der Waals surface area (Å²) in [5.74, 6) is 1.68. The summed E-state index contributed by atoms with van der Waals surface area (Å²) in [5.41, 5.74) is 2.48. The molecule has 1 spiro atoms. The molecule has 4 nitrogen and oxygen atoms in total. The van der Waals surface area contributed by atoms with Crippen LogP contribution in [0.4, 0.5) is 0 Å². The van der Waals surface area contributed by atoms with Crippen molar-refractivity contribution in [2.24, 2.45) is 0 Å². The average molecular weight is 311 g/mol. The Labute approximate surface area is 154 Å². The molecule has 22 heavy (non-hydrogen) atoms. The summed E-state index contributed by atoms with van der Waals surface area (Å²) in [4.78, 5) is 2.35. The number of ether oxygens (including phenoxy) is 2. The van der Waals surface area contributed by atoms with Crippen LogP contribution in [0.15, 0.2) is 24.3 Å². The Balaban J connectivity index is 0.000000960. The number of hydrogen-bond acceptors (Lipinski definition) is 4. The minimum Gasteiger partial charge on any atom is -1.00 e. The van der Waals surface area contributed by atoms with E-state index in [0.717, 1.165) is 31.0 Å². The molecule has 2 heterocycles. The van der Waals surface area contributed by atoms with E-state index in [4.69, 9.17) is 9.47 Å². The molecular weight excluding hydrogens is 289 g/mol. The summed E-state index contributed by atoms with van der Waals surface area (Å²) < 4.78 is 11.8. The van der Waals surface area contributed by atoms with Crippen LogP contribution in [0.3, 0.4) is 0 Å². The molecule has 0 saturated heterocycles. The van der Waals surface area contributed by atoms with Crippen molar-refractivity contribution in [3.63, 3.8) is 0 Å². The molecule has 0 amide bonds. The summed E-state index contributed by atoms with van der Waals surface area (Å²) >= 11 is 0. The summed E-state index contributed by atoms with van der Waals surface area (Å²) in [7, 11) is 3.84. The van der Waals surface area contributed by atoms with Gasteiger partial charge in [0.25, 0.3) is 0 Å². The van der Waals surface area contributed by atoms with Gasteiger partial charge in [-0.3, -0.25) is 0 Å². The molecule has 1 aromatic carbocycles. The maximum atomic E-state index is 9.97. The Morgan fingerprint density at radius 2 is 2.27 bits per heavy atom. The third kappa shape index (κ3) is 2.24. The van der Waals surface area contributed by atoms with Crippen molar-refractivity contribution in [3.05, 3.63) is 35.4 Å². The van der Waals surface area contributed by atoms with Gasteiger partial charge in [-0.05, 0) is 31.6 Å². The van der Waals surface area contributed by atoms with Crippen molar-refractivity contribution in [2.45, 2.75) is 37.0 Å². The van der Waals surface area contributed by atoms with Crippen molar-refractivity contribution in [1.82, 2.24) is 4.90 Å². The van der Waals surface area contributed by atoms with Gasteiger partial charge in [0.05, 0.1) is 18.6 Å². The molecule has 0 aromatic heterocycles. The second kappa shape index (κ2) is 5.84. The fraction of sp³-hybridized carbons (Fsp3) is 0.529. The predicted molar refractivity (Wildman–Crippen MR) is 80.9 cm³/mol. The van der Waals surface area contributed by atoms with Crippen LogP contribution in [0.1, 0.15) is 25.4 Å². The van der Waals surface area contributed by atoms with Gasteiger partial charge in [-0.1, -0.05) is 18.2 Å². The van der Waals surface area contributed by atoms with Gasteiger partial charge in [0.15, 0.2) is 11.5 Å². The molecule has 3 aliphatic rings. The Bertz CT molecular complexity index is 624. The number of methoxy groups -OCH3 is 1. The fourth-order valence-electron chi connectivity index (χ4n) is 4.08. The van der Waals surface area contributed by atoms with Crippen LogP contribution in [0.5, 0.6) is 11.5 Å². The molecule has 3 atom stereocenters. The zero-order chi connectivity index (χ0) is 14.6. The van der Waals surface area contributed by atoms with Gasteiger partial charge in [0, 0.05) is 18.5 Å². The average Bonchev–Trinajstić information content (AvgIpc) is 2.72. The third-order valence-corrected chi connectivity index (χ3v) is 5.15. The van der Waals surface area contributed by atoms with Crippen LogP contribution in [0, 0.1) is 0 Å². The van der Waals surface area contributed by atoms with Crippen LogP contribution in [-0.2, 0) is 12.0 Å². The summed E-state index contributed by atoms with van der Waals surface area (Å²) in [6.07, 6.45) is 5.38. The predicted octanol–water partition coefficient (Wildman–Crippen LogP) is -1.03. The number of hydrogen-bond donors (Lipinski definition) is 1. The monoisotopic (exact) mass is 311 g/mol. The zero-order valence-electron chi connectivity index (χ0n) is 14.5. The maximum Gasteiger partial charge on any atom is 1.00 e. The second-order valence-corrected chi connectivity index (χ2v) is 6.43. The van der Waals surface area contributed by atoms with Crippen LogP contribution in [-0.4, -0.2) is 42.9 Å². The first-order chi connectivity index (χ1) is 10.1. The number of nitrogens with zero attached hydrogens (tertiary/aromatic N) is 1. The molecule has 0 radical (unpaired) electrons. The minimum atomic E-state index is -0.412. The van der Waals surface area contributed by atoms with Gasteiger partial charge in [0.2, 0.25) is 0 Å².